The van der Waals surface area contributed by atoms with Gasteiger partial charge in [-0.1, -0.05) is 12.8 Å². The number of aromatic amines is 1. The van der Waals surface area contributed by atoms with Gasteiger partial charge in [-0.15, -0.1) is 11.3 Å². The van der Waals surface area contributed by atoms with Crippen LogP contribution in [0.5, 0.6) is 0 Å². The van der Waals surface area contributed by atoms with Crippen molar-refractivity contribution >= 4 is 23.1 Å². The Morgan fingerprint density at radius 3 is 2.71 bits per heavy atom. The Bertz CT molecular complexity index is 631. The predicted molar refractivity (Wildman–Crippen MR) is 86.2 cm³/mol. The number of aryl methyl sites for hydroxylation is 3. The van der Waals surface area contributed by atoms with Crippen LogP contribution in [0.1, 0.15) is 57.1 Å². The average molecular weight is 303 g/mol. The van der Waals surface area contributed by atoms with E-state index in [0.717, 1.165) is 29.0 Å². The quantitative estimate of drug-likeness (QED) is 0.881. The Morgan fingerprint density at radius 1 is 1.24 bits per heavy atom. The molecule has 0 bridgehead atoms. The van der Waals surface area contributed by atoms with Crippen LogP contribution < -0.4 is 5.32 Å². The van der Waals surface area contributed by atoms with Gasteiger partial charge in [-0.25, -0.2) is 0 Å². The molecule has 0 radical (unpaired) electrons. The molecule has 3 rings (SSSR count). The number of H-pyrrole nitrogens is 1. The lowest BCUT2D eigenvalue weighted by Crippen LogP contribution is -2.11. The van der Waals surface area contributed by atoms with Crippen LogP contribution in [0.4, 0.5) is 5.82 Å². The monoisotopic (exact) mass is 303 g/mol. The Labute approximate surface area is 129 Å². The maximum Gasteiger partial charge on any atom is 0.266 e. The number of nitrogens with one attached hydrogen (secondary N) is 2. The molecule has 0 aliphatic heterocycles. The zero-order valence-corrected chi connectivity index (χ0v) is 13.4. The Hall–Kier alpha value is -1.62. The first kappa shape index (κ1) is 14.3. The lowest BCUT2D eigenvalue weighted by molar-refractivity contribution is 0.103. The van der Waals surface area contributed by atoms with Gasteiger partial charge in [-0.2, -0.15) is 5.10 Å². The summed E-state index contributed by atoms with van der Waals surface area (Å²) in [6.45, 7) is 3.91. The highest BCUT2D eigenvalue weighted by Crippen LogP contribution is 2.29. The highest BCUT2D eigenvalue weighted by Gasteiger charge is 2.17. The van der Waals surface area contributed by atoms with E-state index >= 15 is 0 Å². The fourth-order valence-electron chi connectivity index (χ4n) is 2.73. The normalized spacial score (nSPS) is 15.1. The predicted octanol–water partition coefficient (Wildman–Crippen LogP) is 4.00. The molecule has 0 saturated heterocycles. The van der Waals surface area contributed by atoms with Crippen LogP contribution in [-0.4, -0.2) is 16.1 Å². The topological polar surface area (TPSA) is 57.8 Å². The summed E-state index contributed by atoms with van der Waals surface area (Å²) in [4.78, 5) is 14.6. The fourth-order valence-corrected chi connectivity index (χ4v) is 3.88. The number of nitrogens with zero attached hydrogens (tertiary/aromatic N) is 1. The van der Waals surface area contributed by atoms with Crippen LogP contribution in [0, 0.1) is 13.8 Å². The van der Waals surface area contributed by atoms with E-state index in [-0.39, 0.29) is 5.91 Å². The molecule has 4 nitrogen and oxygen atoms in total. The molecular weight excluding hydrogens is 282 g/mol. The van der Waals surface area contributed by atoms with Gasteiger partial charge in [-0.05, 0) is 51.2 Å². The summed E-state index contributed by atoms with van der Waals surface area (Å²) in [5, 5.41) is 9.96. The van der Waals surface area contributed by atoms with Crippen LogP contribution in [0.2, 0.25) is 0 Å². The second-order valence-corrected chi connectivity index (χ2v) is 6.89. The van der Waals surface area contributed by atoms with Crippen LogP contribution in [0.3, 0.4) is 0 Å². The molecule has 0 aromatic carbocycles. The largest absolute Gasteiger partial charge is 0.304 e. The minimum atomic E-state index is -0.0404. The zero-order chi connectivity index (χ0) is 14.8. The zero-order valence-electron chi connectivity index (χ0n) is 12.6. The maximum atomic E-state index is 12.4. The lowest BCUT2D eigenvalue weighted by atomic mass is 10.00. The van der Waals surface area contributed by atoms with Gasteiger partial charge in [0.1, 0.15) is 0 Å². The van der Waals surface area contributed by atoms with Crippen molar-refractivity contribution in [1.82, 2.24) is 10.2 Å². The highest BCUT2D eigenvalue weighted by atomic mass is 32.1. The van der Waals surface area contributed by atoms with E-state index in [1.165, 1.54) is 36.1 Å². The summed E-state index contributed by atoms with van der Waals surface area (Å²) < 4.78 is 0. The van der Waals surface area contributed by atoms with E-state index in [9.17, 15) is 4.79 Å². The first-order chi connectivity index (χ1) is 10.1. The van der Waals surface area contributed by atoms with E-state index in [0.29, 0.717) is 5.82 Å². The van der Waals surface area contributed by atoms with Gasteiger partial charge < -0.3 is 5.32 Å². The number of amides is 1. The summed E-state index contributed by atoms with van der Waals surface area (Å²) in [6, 6.07) is 2.08. The first-order valence-corrected chi connectivity index (χ1v) is 8.41. The molecule has 2 N–H and O–H groups in total. The van der Waals surface area contributed by atoms with Crippen LogP contribution >= 0.6 is 11.3 Å². The van der Waals surface area contributed by atoms with Gasteiger partial charge in [0.15, 0.2) is 5.82 Å². The molecule has 0 spiro atoms. The minimum absolute atomic E-state index is 0.0404. The summed E-state index contributed by atoms with van der Waals surface area (Å²) in [5.74, 6) is 0.597. The average Bonchev–Trinajstić information content (AvgIpc) is 2.97. The Balaban J connectivity index is 1.78. The molecule has 2 heterocycles. The van der Waals surface area contributed by atoms with Crippen LogP contribution in [0.15, 0.2) is 6.07 Å². The van der Waals surface area contributed by atoms with Crippen molar-refractivity contribution in [2.75, 3.05) is 5.32 Å². The molecule has 0 fully saturated rings. The molecule has 0 unspecified atom stereocenters. The van der Waals surface area contributed by atoms with E-state index in [1.54, 1.807) is 11.3 Å². The third kappa shape index (κ3) is 3.02. The van der Waals surface area contributed by atoms with E-state index < -0.39 is 0 Å². The van der Waals surface area contributed by atoms with E-state index in [1.807, 2.05) is 13.8 Å². The SMILES string of the molecule is Cc1[nH]nc(NC(=O)c2cc3c(s2)CCCCCC3)c1C. The molecule has 0 saturated carbocycles. The van der Waals surface area contributed by atoms with Gasteiger partial charge >= 0.3 is 0 Å². The minimum Gasteiger partial charge on any atom is -0.304 e. The van der Waals surface area contributed by atoms with Gasteiger partial charge in [0, 0.05) is 16.1 Å². The highest BCUT2D eigenvalue weighted by molar-refractivity contribution is 7.14. The second-order valence-electron chi connectivity index (χ2n) is 5.75. The van der Waals surface area contributed by atoms with Crippen molar-refractivity contribution in [3.63, 3.8) is 0 Å². The third-order valence-electron chi connectivity index (χ3n) is 4.21. The first-order valence-electron chi connectivity index (χ1n) is 7.59. The van der Waals surface area contributed by atoms with Crippen molar-refractivity contribution in [1.29, 1.82) is 0 Å². The summed E-state index contributed by atoms with van der Waals surface area (Å²) in [5.41, 5.74) is 3.36. The molecule has 1 amide bonds. The number of aromatic nitrogens is 2. The molecule has 5 heteroatoms. The fraction of sp³-hybridized carbons (Fsp3) is 0.500. The van der Waals surface area contributed by atoms with E-state index in [4.69, 9.17) is 0 Å². The van der Waals surface area contributed by atoms with Crippen molar-refractivity contribution in [3.05, 3.63) is 32.6 Å². The number of anilines is 1. The van der Waals surface area contributed by atoms with Gasteiger partial charge in [0.05, 0.1) is 4.88 Å². The Morgan fingerprint density at radius 2 is 2.00 bits per heavy atom. The van der Waals surface area contributed by atoms with Crippen molar-refractivity contribution in [3.8, 4) is 0 Å². The number of hydrogen-bond donors (Lipinski definition) is 2. The number of carbonyl (C=O) groups excluding carboxylic acids is 1. The number of rotatable bonds is 2. The smallest absolute Gasteiger partial charge is 0.266 e. The maximum absolute atomic E-state index is 12.4. The molecule has 2 aromatic rings. The number of carbonyl (C=O) groups is 1. The number of hydrogen-bond acceptors (Lipinski definition) is 3. The molecule has 1 aliphatic carbocycles. The molecular formula is C16H21N3OS. The van der Waals surface area contributed by atoms with Gasteiger partial charge in [0.25, 0.3) is 5.91 Å². The standard InChI is InChI=1S/C16H21N3OS/c1-10-11(2)18-19-15(10)17-16(20)14-9-12-7-5-3-4-6-8-13(12)21-14/h9H,3-8H2,1-2H3,(H2,17,18,19,20). The number of thiophene rings is 1. The molecule has 2 aromatic heterocycles. The number of fused-ring (bicyclic) bond motifs is 1. The van der Waals surface area contributed by atoms with Crippen molar-refractivity contribution in [2.45, 2.75) is 52.4 Å². The van der Waals surface area contributed by atoms with E-state index in [2.05, 4.69) is 21.6 Å². The van der Waals surface area contributed by atoms with Crippen LogP contribution in [-0.2, 0) is 12.8 Å². The van der Waals surface area contributed by atoms with Gasteiger partial charge in [-0.3, -0.25) is 9.89 Å². The Kier molecular flexibility index (Phi) is 4.10. The summed E-state index contributed by atoms with van der Waals surface area (Å²) in [6.07, 6.45) is 7.33. The van der Waals surface area contributed by atoms with Gasteiger partial charge in [0.2, 0.25) is 0 Å². The molecule has 112 valence electrons. The summed E-state index contributed by atoms with van der Waals surface area (Å²) >= 11 is 1.65. The third-order valence-corrected chi connectivity index (χ3v) is 5.44. The second kappa shape index (κ2) is 6.02. The van der Waals surface area contributed by atoms with Crippen molar-refractivity contribution in [2.24, 2.45) is 0 Å². The lowest BCUT2D eigenvalue weighted by Gasteiger charge is -2.07. The summed E-state index contributed by atoms with van der Waals surface area (Å²) in [7, 11) is 0. The molecule has 21 heavy (non-hydrogen) atoms. The molecule has 0 atom stereocenters. The van der Waals surface area contributed by atoms with Crippen molar-refractivity contribution < 1.29 is 4.79 Å². The molecule has 1 aliphatic rings. The van der Waals surface area contributed by atoms with Crippen LogP contribution in [0.25, 0.3) is 0 Å².